The highest BCUT2D eigenvalue weighted by atomic mass is 16.5. The van der Waals surface area contributed by atoms with Crippen LogP contribution in [0.2, 0.25) is 0 Å². The third-order valence-corrected chi connectivity index (χ3v) is 3.76. The van der Waals surface area contributed by atoms with Crippen LogP contribution in [0.15, 0.2) is 72.8 Å². The molecule has 0 saturated heterocycles. The molecule has 3 rings (SSSR count). The molecule has 1 amide bonds. The molecular weight excluding hydrogens is 314 g/mol. The van der Waals surface area contributed by atoms with Crippen molar-refractivity contribution in [1.82, 2.24) is 0 Å². The summed E-state index contributed by atoms with van der Waals surface area (Å²) in [5, 5.41) is 12.5. The molecule has 126 valence electrons. The maximum absolute atomic E-state index is 12.1. The van der Waals surface area contributed by atoms with E-state index >= 15 is 0 Å². The highest BCUT2D eigenvalue weighted by molar-refractivity contribution is 5.93. The molecular formula is C21H19NO3. The highest BCUT2D eigenvalue weighted by Crippen LogP contribution is 2.29. The van der Waals surface area contributed by atoms with Gasteiger partial charge in [-0.3, -0.25) is 4.79 Å². The Morgan fingerprint density at radius 1 is 1.00 bits per heavy atom. The number of aryl methyl sites for hydroxylation is 1. The van der Waals surface area contributed by atoms with Crippen LogP contribution in [0.3, 0.4) is 0 Å². The normalized spacial score (nSPS) is 10.3. The molecule has 0 aliphatic heterocycles. The van der Waals surface area contributed by atoms with Gasteiger partial charge in [0.05, 0.1) is 5.69 Å². The Morgan fingerprint density at radius 3 is 2.48 bits per heavy atom. The Balaban J connectivity index is 1.69. The molecule has 0 spiro atoms. The number of phenols is 1. The molecule has 0 unspecified atom stereocenters. The van der Waals surface area contributed by atoms with E-state index in [4.69, 9.17) is 4.74 Å². The van der Waals surface area contributed by atoms with Gasteiger partial charge in [-0.1, -0.05) is 54.6 Å². The summed E-state index contributed by atoms with van der Waals surface area (Å²) < 4.78 is 5.70. The largest absolute Gasteiger partial charge is 0.506 e. The number of phenolic OH excluding ortho intramolecular Hbond substituents is 1. The molecule has 4 heteroatoms. The first-order valence-corrected chi connectivity index (χ1v) is 8.00. The van der Waals surface area contributed by atoms with E-state index in [9.17, 15) is 9.90 Å². The van der Waals surface area contributed by atoms with Gasteiger partial charge in [-0.2, -0.15) is 0 Å². The molecule has 2 N–H and O–H groups in total. The fourth-order valence-electron chi connectivity index (χ4n) is 2.53. The molecule has 4 nitrogen and oxygen atoms in total. The van der Waals surface area contributed by atoms with Crippen molar-refractivity contribution in [3.05, 3.63) is 78.4 Å². The van der Waals surface area contributed by atoms with E-state index in [2.05, 4.69) is 5.32 Å². The third-order valence-electron chi connectivity index (χ3n) is 3.76. The Kier molecular flexibility index (Phi) is 5.00. The summed E-state index contributed by atoms with van der Waals surface area (Å²) in [5.41, 5.74) is 3.24. The minimum absolute atomic E-state index is 0.0398. The fraction of sp³-hybridized carbons (Fsp3) is 0.0952. The Bertz CT molecular complexity index is 875. The lowest BCUT2D eigenvalue weighted by atomic mass is 10.1. The maximum Gasteiger partial charge on any atom is 0.262 e. The van der Waals surface area contributed by atoms with Gasteiger partial charge in [-0.25, -0.2) is 0 Å². The summed E-state index contributed by atoms with van der Waals surface area (Å²) in [6, 6.07) is 22.5. The molecule has 0 radical (unpaired) electrons. The molecule has 0 atom stereocenters. The van der Waals surface area contributed by atoms with Crippen molar-refractivity contribution >= 4 is 11.6 Å². The zero-order valence-corrected chi connectivity index (χ0v) is 13.9. The number of hydrogen-bond acceptors (Lipinski definition) is 3. The maximum atomic E-state index is 12.1. The van der Waals surface area contributed by atoms with Crippen LogP contribution in [-0.2, 0) is 4.79 Å². The monoisotopic (exact) mass is 333 g/mol. The Labute approximate surface area is 146 Å². The average Bonchev–Trinajstić information content (AvgIpc) is 2.63. The van der Waals surface area contributed by atoms with Gasteiger partial charge in [-0.05, 0) is 36.2 Å². The zero-order chi connectivity index (χ0) is 17.6. The molecule has 3 aromatic carbocycles. The first kappa shape index (κ1) is 16.6. The first-order chi connectivity index (χ1) is 12.1. The van der Waals surface area contributed by atoms with E-state index in [1.165, 1.54) is 0 Å². The van der Waals surface area contributed by atoms with Crippen molar-refractivity contribution in [3.63, 3.8) is 0 Å². The van der Waals surface area contributed by atoms with Crippen molar-refractivity contribution < 1.29 is 14.6 Å². The number of rotatable bonds is 5. The van der Waals surface area contributed by atoms with Crippen LogP contribution in [0.4, 0.5) is 5.69 Å². The van der Waals surface area contributed by atoms with Gasteiger partial charge in [-0.15, -0.1) is 0 Å². The molecule has 3 aromatic rings. The van der Waals surface area contributed by atoms with Crippen molar-refractivity contribution in [2.45, 2.75) is 6.92 Å². The minimum atomic E-state index is -0.331. The van der Waals surface area contributed by atoms with Crippen LogP contribution in [-0.4, -0.2) is 17.6 Å². The predicted molar refractivity (Wildman–Crippen MR) is 98.8 cm³/mol. The standard InChI is InChI=1S/C21H19NO3/c1-15-11-12-18(19(23)13-15)22-21(24)14-25-20-10-6-5-9-17(20)16-7-3-2-4-8-16/h2-13,23H,14H2,1H3,(H,22,24). The van der Waals surface area contributed by atoms with Crippen LogP contribution in [0.1, 0.15) is 5.56 Å². The lowest BCUT2D eigenvalue weighted by molar-refractivity contribution is -0.118. The summed E-state index contributed by atoms with van der Waals surface area (Å²) in [4.78, 5) is 12.1. The third kappa shape index (κ3) is 4.18. The van der Waals surface area contributed by atoms with Crippen molar-refractivity contribution in [2.24, 2.45) is 0 Å². The molecule has 0 saturated carbocycles. The van der Waals surface area contributed by atoms with Crippen LogP contribution in [0.5, 0.6) is 11.5 Å². The van der Waals surface area contributed by atoms with E-state index in [-0.39, 0.29) is 18.3 Å². The van der Waals surface area contributed by atoms with Crippen molar-refractivity contribution in [1.29, 1.82) is 0 Å². The topological polar surface area (TPSA) is 58.6 Å². The van der Waals surface area contributed by atoms with Crippen LogP contribution in [0, 0.1) is 6.92 Å². The first-order valence-electron chi connectivity index (χ1n) is 8.00. The number of ether oxygens (including phenoxy) is 1. The molecule has 0 fully saturated rings. The molecule has 0 aliphatic carbocycles. The fourth-order valence-corrected chi connectivity index (χ4v) is 2.53. The van der Waals surface area contributed by atoms with Crippen LogP contribution >= 0.6 is 0 Å². The summed E-state index contributed by atoms with van der Waals surface area (Å²) in [7, 11) is 0. The lowest BCUT2D eigenvalue weighted by Crippen LogP contribution is -2.20. The molecule has 0 heterocycles. The van der Waals surface area contributed by atoms with Crippen LogP contribution in [0.25, 0.3) is 11.1 Å². The number of hydrogen-bond donors (Lipinski definition) is 2. The summed E-state index contributed by atoms with van der Waals surface area (Å²) >= 11 is 0. The highest BCUT2D eigenvalue weighted by Gasteiger charge is 2.10. The molecule has 0 aromatic heterocycles. The van der Waals surface area contributed by atoms with Gasteiger partial charge in [0.1, 0.15) is 11.5 Å². The molecule has 0 aliphatic rings. The summed E-state index contributed by atoms with van der Waals surface area (Å²) in [5.74, 6) is 0.344. The molecule has 0 bridgehead atoms. The average molecular weight is 333 g/mol. The number of anilines is 1. The van der Waals surface area contributed by atoms with E-state index in [1.54, 1.807) is 12.1 Å². The van der Waals surface area contributed by atoms with Gasteiger partial charge in [0.15, 0.2) is 6.61 Å². The number of para-hydroxylation sites is 1. The van der Waals surface area contributed by atoms with E-state index < -0.39 is 0 Å². The van der Waals surface area contributed by atoms with E-state index in [1.807, 2.05) is 67.6 Å². The number of carbonyl (C=O) groups excluding carboxylic acids is 1. The predicted octanol–water partition coefficient (Wildman–Crippen LogP) is 4.39. The second-order valence-corrected chi connectivity index (χ2v) is 5.72. The summed E-state index contributed by atoms with van der Waals surface area (Å²) in [6.07, 6.45) is 0. The van der Waals surface area contributed by atoms with E-state index in [0.29, 0.717) is 11.4 Å². The molecule has 25 heavy (non-hydrogen) atoms. The lowest BCUT2D eigenvalue weighted by Gasteiger charge is -2.12. The zero-order valence-electron chi connectivity index (χ0n) is 13.9. The Morgan fingerprint density at radius 2 is 1.72 bits per heavy atom. The van der Waals surface area contributed by atoms with Gasteiger partial charge in [0.25, 0.3) is 5.91 Å². The van der Waals surface area contributed by atoms with Crippen molar-refractivity contribution in [2.75, 3.05) is 11.9 Å². The van der Waals surface area contributed by atoms with Crippen molar-refractivity contribution in [3.8, 4) is 22.6 Å². The number of aromatic hydroxyl groups is 1. The second kappa shape index (κ2) is 7.53. The van der Waals surface area contributed by atoms with Crippen LogP contribution < -0.4 is 10.1 Å². The van der Waals surface area contributed by atoms with Gasteiger partial charge < -0.3 is 15.2 Å². The number of carbonyl (C=O) groups is 1. The van der Waals surface area contributed by atoms with Gasteiger partial charge >= 0.3 is 0 Å². The van der Waals surface area contributed by atoms with E-state index in [0.717, 1.165) is 16.7 Å². The SMILES string of the molecule is Cc1ccc(NC(=O)COc2ccccc2-c2ccccc2)c(O)c1. The number of benzene rings is 3. The van der Waals surface area contributed by atoms with Gasteiger partial charge in [0.2, 0.25) is 0 Å². The quantitative estimate of drug-likeness (QED) is 0.681. The minimum Gasteiger partial charge on any atom is -0.506 e. The second-order valence-electron chi connectivity index (χ2n) is 5.72. The number of nitrogens with one attached hydrogen (secondary N) is 1. The Hall–Kier alpha value is -3.27. The van der Waals surface area contributed by atoms with Gasteiger partial charge in [0, 0.05) is 5.56 Å². The summed E-state index contributed by atoms with van der Waals surface area (Å²) in [6.45, 7) is 1.73. The number of amides is 1. The smallest absolute Gasteiger partial charge is 0.262 e.